The van der Waals surface area contributed by atoms with E-state index in [1.165, 1.54) is 4.68 Å². The lowest BCUT2D eigenvalue weighted by molar-refractivity contribution is -0.122. The molecule has 4 rings (SSSR count). The topological polar surface area (TPSA) is 78.2 Å². The Labute approximate surface area is 144 Å². The van der Waals surface area contributed by atoms with Crippen molar-refractivity contribution >= 4 is 27.7 Å². The van der Waals surface area contributed by atoms with Gasteiger partial charge in [-0.05, 0) is 18.9 Å². The Morgan fingerprint density at radius 2 is 2.20 bits per heavy atom. The van der Waals surface area contributed by atoms with Crippen LogP contribution in [0.4, 0.5) is 0 Å². The molecule has 0 bridgehead atoms. The molecule has 0 aliphatic carbocycles. The average Bonchev–Trinajstić information content (AvgIpc) is 3.23. The highest BCUT2D eigenvalue weighted by Crippen LogP contribution is 2.24. The molecule has 1 N–H and O–H groups in total. The van der Waals surface area contributed by atoms with Crippen LogP contribution in [0.3, 0.4) is 0 Å². The number of fused-ring (bicyclic) bond motifs is 3. The van der Waals surface area contributed by atoms with Crippen LogP contribution in [-0.2, 0) is 23.1 Å². The number of aromatic nitrogens is 3. The number of carbonyl (C=O) groups excluding carboxylic acids is 1. The van der Waals surface area contributed by atoms with Gasteiger partial charge in [-0.2, -0.15) is 5.10 Å². The summed E-state index contributed by atoms with van der Waals surface area (Å²) < 4.78 is 8.55. The number of hydrogen-bond donors (Lipinski definition) is 1. The first-order valence-electron chi connectivity index (χ1n) is 8.46. The smallest absolute Gasteiger partial charge is 0.291 e. The molecule has 7 nitrogen and oxygen atoms in total. The summed E-state index contributed by atoms with van der Waals surface area (Å²) in [5, 5.41) is 8.80. The first kappa shape index (κ1) is 15.8. The van der Waals surface area contributed by atoms with Gasteiger partial charge in [-0.1, -0.05) is 18.2 Å². The number of hydrogen-bond acceptors (Lipinski definition) is 4. The Kier molecular flexibility index (Phi) is 4.01. The van der Waals surface area contributed by atoms with Crippen LogP contribution >= 0.6 is 0 Å². The third kappa shape index (κ3) is 2.80. The number of para-hydroxylation sites is 1. The molecule has 1 aliphatic rings. The van der Waals surface area contributed by atoms with E-state index in [0.29, 0.717) is 12.1 Å². The molecule has 1 unspecified atom stereocenters. The van der Waals surface area contributed by atoms with E-state index in [-0.39, 0.29) is 24.1 Å². The van der Waals surface area contributed by atoms with Crippen molar-refractivity contribution in [2.24, 2.45) is 7.05 Å². The van der Waals surface area contributed by atoms with E-state index in [9.17, 15) is 9.59 Å². The highest BCUT2D eigenvalue weighted by atomic mass is 16.5. The SMILES string of the molecule is Cn1c2ccccc2c2cnn(CC(=O)NCC3CCCO3)c(=O)c21. The van der Waals surface area contributed by atoms with Gasteiger partial charge in [0.1, 0.15) is 12.1 Å². The largest absolute Gasteiger partial charge is 0.376 e. The zero-order valence-corrected chi connectivity index (χ0v) is 14.1. The van der Waals surface area contributed by atoms with Crippen molar-refractivity contribution in [3.05, 3.63) is 40.8 Å². The molecule has 3 heterocycles. The van der Waals surface area contributed by atoms with Gasteiger partial charge in [-0.15, -0.1) is 0 Å². The van der Waals surface area contributed by atoms with Crippen molar-refractivity contribution in [2.75, 3.05) is 13.2 Å². The zero-order valence-electron chi connectivity index (χ0n) is 14.1. The maximum absolute atomic E-state index is 12.8. The lowest BCUT2D eigenvalue weighted by atomic mass is 10.2. The van der Waals surface area contributed by atoms with Gasteiger partial charge in [0.25, 0.3) is 5.56 Å². The molecule has 130 valence electrons. The quantitative estimate of drug-likeness (QED) is 0.774. The summed E-state index contributed by atoms with van der Waals surface area (Å²) in [7, 11) is 1.86. The number of amides is 1. The van der Waals surface area contributed by atoms with E-state index >= 15 is 0 Å². The van der Waals surface area contributed by atoms with Crippen LogP contribution in [0.1, 0.15) is 12.8 Å². The molecule has 1 saturated heterocycles. The average molecular weight is 340 g/mol. The van der Waals surface area contributed by atoms with Gasteiger partial charge in [0.15, 0.2) is 0 Å². The molecule has 1 aromatic carbocycles. The molecular weight excluding hydrogens is 320 g/mol. The van der Waals surface area contributed by atoms with Gasteiger partial charge in [0, 0.05) is 36.5 Å². The Morgan fingerprint density at radius 3 is 3.00 bits per heavy atom. The summed E-state index contributed by atoms with van der Waals surface area (Å²) in [5.41, 5.74) is 1.27. The third-order valence-electron chi connectivity index (χ3n) is 4.75. The number of carbonyl (C=O) groups is 1. The van der Waals surface area contributed by atoms with E-state index in [0.717, 1.165) is 35.7 Å². The van der Waals surface area contributed by atoms with E-state index in [1.807, 2.05) is 35.9 Å². The third-order valence-corrected chi connectivity index (χ3v) is 4.75. The fourth-order valence-electron chi connectivity index (χ4n) is 3.45. The van der Waals surface area contributed by atoms with Crippen LogP contribution in [0.2, 0.25) is 0 Å². The molecule has 25 heavy (non-hydrogen) atoms. The van der Waals surface area contributed by atoms with Crippen molar-refractivity contribution < 1.29 is 9.53 Å². The number of ether oxygens (including phenoxy) is 1. The van der Waals surface area contributed by atoms with E-state index in [4.69, 9.17) is 4.74 Å². The summed E-state index contributed by atoms with van der Waals surface area (Å²) in [6, 6.07) is 7.81. The van der Waals surface area contributed by atoms with Crippen LogP contribution in [-0.4, -0.2) is 39.5 Å². The summed E-state index contributed by atoms with van der Waals surface area (Å²) in [5.74, 6) is -0.233. The summed E-state index contributed by atoms with van der Waals surface area (Å²) >= 11 is 0. The second-order valence-electron chi connectivity index (χ2n) is 6.38. The number of nitrogens with one attached hydrogen (secondary N) is 1. The predicted octanol–water partition coefficient (Wildman–Crippen LogP) is 1.18. The van der Waals surface area contributed by atoms with Crippen LogP contribution in [0.15, 0.2) is 35.3 Å². The molecule has 1 fully saturated rings. The summed E-state index contributed by atoms with van der Waals surface area (Å²) in [6.45, 7) is 1.13. The van der Waals surface area contributed by atoms with E-state index in [1.54, 1.807) is 6.20 Å². The van der Waals surface area contributed by atoms with Crippen molar-refractivity contribution in [1.29, 1.82) is 0 Å². The van der Waals surface area contributed by atoms with Gasteiger partial charge < -0.3 is 14.6 Å². The molecule has 1 aliphatic heterocycles. The molecule has 0 spiro atoms. The fourth-order valence-corrected chi connectivity index (χ4v) is 3.45. The van der Waals surface area contributed by atoms with Crippen molar-refractivity contribution in [1.82, 2.24) is 19.7 Å². The number of benzene rings is 1. The van der Waals surface area contributed by atoms with Crippen molar-refractivity contribution in [3.8, 4) is 0 Å². The first-order valence-corrected chi connectivity index (χ1v) is 8.46. The van der Waals surface area contributed by atoms with Gasteiger partial charge >= 0.3 is 0 Å². The highest BCUT2D eigenvalue weighted by molar-refractivity contribution is 6.07. The van der Waals surface area contributed by atoms with Gasteiger partial charge in [-0.3, -0.25) is 9.59 Å². The molecule has 7 heteroatoms. The number of rotatable bonds is 4. The molecule has 1 atom stereocenters. The highest BCUT2D eigenvalue weighted by Gasteiger charge is 2.18. The molecular formula is C18H20N4O3. The van der Waals surface area contributed by atoms with E-state index < -0.39 is 0 Å². The lowest BCUT2D eigenvalue weighted by Gasteiger charge is -2.11. The van der Waals surface area contributed by atoms with Crippen molar-refractivity contribution in [2.45, 2.75) is 25.5 Å². The zero-order chi connectivity index (χ0) is 17.4. The minimum absolute atomic E-state index is 0.0780. The monoisotopic (exact) mass is 340 g/mol. The first-order chi connectivity index (χ1) is 12.1. The number of aryl methyl sites for hydroxylation is 1. The van der Waals surface area contributed by atoms with Crippen molar-refractivity contribution in [3.63, 3.8) is 0 Å². The maximum atomic E-state index is 12.8. The summed E-state index contributed by atoms with van der Waals surface area (Å²) in [6.07, 6.45) is 3.72. The Bertz CT molecular complexity index is 999. The van der Waals surface area contributed by atoms with Gasteiger partial charge in [0.2, 0.25) is 5.91 Å². The molecule has 0 radical (unpaired) electrons. The second-order valence-corrected chi connectivity index (χ2v) is 6.38. The minimum atomic E-state index is -0.261. The minimum Gasteiger partial charge on any atom is -0.376 e. The van der Waals surface area contributed by atoms with Crippen LogP contribution in [0, 0.1) is 0 Å². The summed E-state index contributed by atoms with van der Waals surface area (Å²) in [4.78, 5) is 24.9. The van der Waals surface area contributed by atoms with Crippen LogP contribution < -0.4 is 10.9 Å². The Balaban J connectivity index is 1.61. The predicted molar refractivity (Wildman–Crippen MR) is 94.5 cm³/mol. The van der Waals surface area contributed by atoms with Crippen LogP contribution in [0.25, 0.3) is 21.8 Å². The van der Waals surface area contributed by atoms with Crippen LogP contribution in [0.5, 0.6) is 0 Å². The Morgan fingerprint density at radius 1 is 1.36 bits per heavy atom. The van der Waals surface area contributed by atoms with E-state index in [2.05, 4.69) is 10.4 Å². The lowest BCUT2D eigenvalue weighted by Crippen LogP contribution is -2.37. The second kappa shape index (κ2) is 6.33. The molecule has 0 saturated carbocycles. The fraction of sp³-hybridized carbons (Fsp3) is 0.389. The standard InChI is InChI=1S/C18H20N4O3/c1-21-15-7-3-2-6-13(15)14-10-20-22(18(24)17(14)21)11-16(23)19-9-12-5-4-8-25-12/h2-3,6-7,10,12H,4-5,8-9,11H2,1H3,(H,19,23). The van der Waals surface area contributed by atoms with Gasteiger partial charge in [-0.25, -0.2) is 4.68 Å². The van der Waals surface area contributed by atoms with Gasteiger partial charge in [0.05, 0.1) is 12.3 Å². The maximum Gasteiger partial charge on any atom is 0.291 e. The number of nitrogens with zero attached hydrogens (tertiary/aromatic N) is 3. The molecule has 2 aromatic heterocycles. The molecule has 3 aromatic rings. The Hall–Kier alpha value is -2.67. The molecule has 1 amide bonds. The normalized spacial score (nSPS) is 17.4.